The lowest BCUT2D eigenvalue weighted by molar-refractivity contribution is -0.159. The van der Waals surface area contributed by atoms with Crippen LogP contribution in [0.5, 0.6) is 5.75 Å². The van der Waals surface area contributed by atoms with E-state index >= 15 is 0 Å². The molecular weight excluding hydrogens is 540 g/mol. The first kappa shape index (κ1) is 29.2. The predicted octanol–water partition coefficient (Wildman–Crippen LogP) is 8.32. The molecule has 0 radical (unpaired) electrons. The van der Waals surface area contributed by atoms with Gasteiger partial charge >= 0.3 is 5.97 Å². The van der Waals surface area contributed by atoms with Crippen LogP contribution >= 0.6 is 0 Å². The Morgan fingerprint density at radius 1 is 0.725 bits per heavy atom. The summed E-state index contributed by atoms with van der Waals surface area (Å²) in [4.78, 5) is 13.5. The van der Waals surface area contributed by atoms with Gasteiger partial charge in [0.25, 0.3) is 0 Å². The molecule has 0 spiro atoms. The average molecular weight is 570 g/mol. The smallest absolute Gasteiger partial charge is 0.345 e. The van der Waals surface area contributed by atoms with Crippen molar-refractivity contribution in [1.82, 2.24) is 0 Å². The van der Waals surface area contributed by atoms with E-state index in [1.54, 1.807) is 38.1 Å². The number of rotatable bonds is 9. The van der Waals surface area contributed by atoms with Crippen molar-refractivity contribution in [2.75, 3.05) is 6.61 Å². The van der Waals surface area contributed by atoms with E-state index in [-0.39, 0.29) is 16.4 Å². The van der Waals surface area contributed by atoms with Gasteiger partial charge in [-0.3, -0.25) is 0 Å². The summed E-state index contributed by atoms with van der Waals surface area (Å²) in [7, 11) is -1.22. The SMILES string of the molecule is CC(C)c1ccc(C(C)(C)OC(=O)COc2ccc([S+](c3cc(F)cc(F)c3)c3cc(F)cc(F)c3)cc2)cc1. The van der Waals surface area contributed by atoms with Crippen molar-refractivity contribution < 1.29 is 31.8 Å². The Bertz CT molecular complexity index is 1390. The zero-order valence-corrected chi connectivity index (χ0v) is 23.3. The first-order chi connectivity index (χ1) is 18.9. The fraction of sp³-hybridized carbons (Fsp3) is 0.219. The normalized spacial score (nSPS) is 11.7. The number of hydrogen-bond donors (Lipinski definition) is 0. The standard InChI is InChI=1S/C32H29F4O3S/c1-20(2)21-5-7-22(8-6-21)32(3,4)39-31(37)19-38-27-9-11-28(12-10-27)40(29-15-23(33)13-24(34)16-29)30-17-25(35)14-26(36)18-30/h5-18,20H,19H2,1-4H3/q+1. The van der Waals surface area contributed by atoms with Gasteiger partial charge in [0.15, 0.2) is 21.3 Å². The molecule has 0 bridgehead atoms. The van der Waals surface area contributed by atoms with Crippen LogP contribution in [0.3, 0.4) is 0 Å². The fourth-order valence-electron chi connectivity index (χ4n) is 4.16. The molecule has 4 aromatic rings. The van der Waals surface area contributed by atoms with Crippen molar-refractivity contribution in [3.63, 3.8) is 0 Å². The molecule has 0 fully saturated rings. The van der Waals surface area contributed by atoms with E-state index in [4.69, 9.17) is 9.47 Å². The molecule has 0 unspecified atom stereocenters. The van der Waals surface area contributed by atoms with Gasteiger partial charge in [-0.25, -0.2) is 22.4 Å². The number of carbonyl (C=O) groups is 1. The third-order valence-corrected chi connectivity index (χ3v) is 8.36. The monoisotopic (exact) mass is 569 g/mol. The molecule has 0 heterocycles. The summed E-state index contributed by atoms with van der Waals surface area (Å²) < 4.78 is 67.5. The van der Waals surface area contributed by atoms with Gasteiger partial charge in [-0.1, -0.05) is 38.1 Å². The van der Waals surface area contributed by atoms with Crippen LogP contribution in [-0.4, -0.2) is 12.6 Å². The van der Waals surface area contributed by atoms with Crippen LogP contribution < -0.4 is 4.74 Å². The summed E-state index contributed by atoms with van der Waals surface area (Å²) in [5.74, 6) is -3.04. The van der Waals surface area contributed by atoms with Crippen LogP contribution in [0.15, 0.2) is 99.6 Å². The van der Waals surface area contributed by atoms with Crippen molar-refractivity contribution in [3.05, 3.63) is 119 Å². The number of hydrogen-bond acceptors (Lipinski definition) is 3. The van der Waals surface area contributed by atoms with Crippen molar-refractivity contribution in [1.29, 1.82) is 0 Å². The molecule has 0 saturated carbocycles. The zero-order chi connectivity index (χ0) is 29.0. The Balaban J connectivity index is 1.49. The van der Waals surface area contributed by atoms with E-state index in [0.717, 1.165) is 42.0 Å². The van der Waals surface area contributed by atoms with Crippen LogP contribution in [0, 0.1) is 23.3 Å². The lowest BCUT2D eigenvalue weighted by atomic mass is 9.94. The minimum Gasteiger partial charge on any atom is -0.482 e. The summed E-state index contributed by atoms with van der Waals surface area (Å²) in [6.07, 6.45) is 0. The highest BCUT2D eigenvalue weighted by molar-refractivity contribution is 7.97. The van der Waals surface area contributed by atoms with Gasteiger partial charge < -0.3 is 9.47 Å². The molecule has 8 heteroatoms. The van der Waals surface area contributed by atoms with Gasteiger partial charge in [-0.15, -0.1) is 0 Å². The molecule has 4 rings (SSSR count). The molecule has 4 aromatic carbocycles. The van der Waals surface area contributed by atoms with Crippen LogP contribution in [0.2, 0.25) is 0 Å². The van der Waals surface area contributed by atoms with E-state index in [2.05, 4.69) is 13.8 Å². The largest absolute Gasteiger partial charge is 0.482 e. The zero-order valence-electron chi connectivity index (χ0n) is 22.5. The minimum absolute atomic E-state index is 0.211. The third-order valence-electron chi connectivity index (χ3n) is 6.20. The highest BCUT2D eigenvalue weighted by Crippen LogP contribution is 2.34. The van der Waals surface area contributed by atoms with Crippen molar-refractivity contribution in [3.8, 4) is 5.75 Å². The summed E-state index contributed by atoms with van der Waals surface area (Å²) in [5, 5.41) is 0. The molecule has 0 aliphatic carbocycles. The maximum atomic E-state index is 14.0. The van der Waals surface area contributed by atoms with E-state index in [1.807, 2.05) is 24.3 Å². The van der Waals surface area contributed by atoms with E-state index in [0.29, 0.717) is 16.6 Å². The maximum Gasteiger partial charge on any atom is 0.345 e. The van der Waals surface area contributed by atoms with E-state index < -0.39 is 45.7 Å². The van der Waals surface area contributed by atoms with Gasteiger partial charge in [-0.2, -0.15) is 0 Å². The minimum atomic E-state index is -1.22. The first-order valence-electron chi connectivity index (χ1n) is 12.6. The molecule has 208 valence electrons. The Kier molecular flexibility index (Phi) is 8.88. The fourth-order valence-corrected chi connectivity index (χ4v) is 6.30. The summed E-state index contributed by atoms with van der Waals surface area (Å²) in [6, 6.07) is 20.3. The summed E-state index contributed by atoms with van der Waals surface area (Å²) in [6.45, 7) is 7.47. The second-order valence-corrected chi connectivity index (χ2v) is 12.1. The van der Waals surface area contributed by atoms with Crippen LogP contribution in [0.1, 0.15) is 44.7 Å². The van der Waals surface area contributed by atoms with Crippen LogP contribution in [0.25, 0.3) is 0 Å². The molecule has 0 saturated heterocycles. The lowest BCUT2D eigenvalue weighted by Gasteiger charge is -2.26. The molecule has 3 nitrogen and oxygen atoms in total. The Hall–Kier alpha value is -3.78. The second kappa shape index (κ2) is 12.2. The summed E-state index contributed by atoms with van der Waals surface area (Å²) in [5.41, 5.74) is 1.17. The van der Waals surface area contributed by atoms with Gasteiger partial charge in [-0.05, 0) is 55.2 Å². The number of esters is 1. The number of carbonyl (C=O) groups excluding carboxylic acids is 1. The maximum absolute atomic E-state index is 14.0. The highest BCUT2D eigenvalue weighted by atomic mass is 32.2. The lowest BCUT2D eigenvalue weighted by Crippen LogP contribution is -2.28. The van der Waals surface area contributed by atoms with Crippen molar-refractivity contribution in [2.45, 2.75) is 53.9 Å². The quantitative estimate of drug-likeness (QED) is 0.116. The Labute approximate surface area is 234 Å². The topological polar surface area (TPSA) is 35.5 Å². The van der Waals surface area contributed by atoms with E-state index in [1.165, 1.54) is 5.56 Å². The molecule has 0 aliphatic rings. The van der Waals surface area contributed by atoms with Crippen LogP contribution in [-0.2, 0) is 26.0 Å². The molecule has 40 heavy (non-hydrogen) atoms. The number of ether oxygens (including phenoxy) is 2. The predicted molar refractivity (Wildman–Crippen MR) is 146 cm³/mol. The van der Waals surface area contributed by atoms with Gasteiger partial charge in [0, 0.05) is 36.4 Å². The third kappa shape index (κ3) is 7.24. The summed E-state index contributed by atoms with van der Waals surface area (Å²) >= 11 is 0. The van der Waals surface area contributed by atoms with Gasteiger partial charge in [0.05, 0.1) is 10.9 Å². The molecule has 0 N–H and O–H groups in total. The van der Waals surface area contributed by atoms with Crippen molar-refractivity contribution in [2.24, 2.45) is 0 Å². The van der Waals surface area contributed by atoms with Crippen molar-refractivity contribution >= 4 is 16.9 Å². The molecule has 0 aromatic heterocycles. The highest BCUT2D eigenvalue weighted by Gasteiger charge is 2.31. The Morgan fingerprint density at radius 2 is 1.20 bits per heavy atom. The molecule has 0 amide bonds. The van der Waals surface area contributed by atoms with Crippen LogP contribution in [0.4, 0.5) is 17.6 Å². The van der Waals surface area contributed by atoms with E-state index in [9.17, 15) is 22.4 Å². The molecule has 0 atom stereocenters. The first-order valence-corrected chi connectivity index (χ1v) is 13.9. The molecular formula is C32H29F4O3S+. The number of benzene rings is 4. The second-order valence-electron chi connectivity index (χ2n) is 10.0. The Morgan fingerprint density at radius 3 is 1.65 bits per heavy atom. The van der Waals surface area contributed by atoms with Gasteiger partial charge in [0.1, 0.15) is 34.6 Å². The number of halogens is 4. The molecule has 0 aliphatic heterocycles. The average Bonchev–Trinajstić information content (AvgIpc) is 2.87. The van der Waals surface area contributed by atoms with Gasteiger partial charge in [0.2, 0.25) is 0 Å².